The molecule has 2 heteroatoms. The van der Waals surface area contributed by atoms with Gasteiger partial charge >= 0.3 is 0 Å². The van der Waals surface area contributed by atoms with Gasteiger partial charge in [-0.2, -0.15) is 0 Å². The van der Waals surface area contributed by atoms with Crippen molar-refractivity contribution in [3.8, 4) is 0 Å². The second-order valence-corrected chi connectivity index (χ2v) is 5.93. The molecule has 2 rings (SSSR count). The van der Waals surface area contributed by atoms with E-state index in [1.807, 2.05) is 0 Å². The quantitative estimate of drug-likeness (QED) is 0.895. The fraction of sp³-hybridized carbons (Fsp3) is 0.647. The van der Waals surface area contributed by atoms with Gasteiger partial charge in [0.2, 0.25) is 0 Å². The van der Waals surface area contributed by atoms with E-state index in [1.54, 1.807) is 0 Å². The van der Waals surface area contributed by atoms with Gasteiger partial charge in [-0.3, -0.25) is 4.90 Å². The molecule has 3 unspecified atom stereocenters. The fourth-order valence-corrected chi connectivity index (χ4v) is 3.05. The maximum atomic E-state index is 3.73. The molecule has 1 fully saturated rings. The molecule has 0 saturated carbocycles. The van der Waals surface area contributed by atoms with Crippen molar-refractivity contribution in [2.24, 2.45) is 0 Å². The lowest BCUT2D eigenvalue weighted by molar-refractivity contribution is 0.146. The van der Waals surface area contributed by atoms with E-state index in [0.717, 1.165) is 13.0 Å². The highest BCUT2D eigenvalue weighted by molar-refractivity contribution is 5.16. The van der Waals surface area contributed by atoms with Crippen molar-refractivity contribution in [1.29, 1.82) is 0 Å². The first-order valence-corrected chi connectivity index (χ1v) is 7.73. The molecule has 3 atom stereocenters. The summed E-state index contributed by atoms with van der Waals surface area (Å²) in [5.41, 5.74) is 1.44. The minimum absolute atomic E-state index is 0.585. The summed E-state index contributed by atoms with van der Waals surface area (Å²) in [6.07, 6.45) is 3.64. The maximum Gasteiger partial charge on any atom is 0.0235 e. The Morgan fingerprint density at radius 2 is 2.05 bits per heavy atom. The first-order valence-electron chi connectivity index (χ1n) is 7.73. The number of rotatable bonds is 4. The lowest BCUT2D eigenvalue weighted by atomic mass is 10.0. The maximum absolute atomic E-state index is 3.73. The van der Waals surface area contributed by atoms with E-state index in [4.69, 9.17) is 0 Å². The van der Waals surface area contributed by atoms with Crippen LogP contribution in [-0.2, 0) is 6.42 Å². The third kappa shape index (κ3) is 4.05. The Labute approximate surface area is 118 Å². The van der Waals surface area contributed by atoms with Gasteiger partial charge in [0.15, 0.2) is 0 Å². The van der Waals surface area contributed by atoms with Crippen LogP contribution in [0.15, 0.2) is 30.3 Å². The van der Waals surface area contributed by atoms with Gasteiger partial charge in [0.1, 0.15) is 0 Å². The molecule has 1 aliphatic heterocycles. The Hall–Kier alpha value is -0.860. The molecule has 1 heterocycles. The number of hydrogen-bond donors (Lipinski definition) is 1. The smallest absolute Gasteiger partial charge is 0.0235 e. The lowest BCUT2D eigenvalue weighted by Crippen LogP contribution is -2.45. The first-order chi connectivity index (χ1) is 9.20. The third-order valence-electron chi connectivity index (χ3n) is 4.47. The molecule has 1 aromatic rings. The van der Waals surface area contributed by atoms with Crippen LogP contribution in [0, 0.1) is 0 Å². The summed E-state index contributed by atoms with van der Waals surface area (Å²) in [6, 6.07) is 12.8. The molecule has 1 aromatic carbocycles. The highest BCUT2D eigenvalue weighted by atomic mass is 15.2. The van der Waals surface area contributed by atoms with Crippen molar-refractivity contribution < 1.29 is 0 Å². The van der Waals surface area contributed by atoms with Crippen LogP contribution < -0.4 is 5.32 Å². The van der Waals surface area contributed by atoms with Crippen molar-refractivity contribution in [1.82, 2.24) is 10.2 Å². The van der Waals surface area contributed by atoms with Crippen LogP contribution >= 0.6 is 0 Å². The summed E-state index contributed by atoms with van der Waals surface area (Å²) in [5.74, 6) is 0. The van der Waals surface area contributed by atoms with E-state index in [-0.39, 0.29) is 0 Å². The van der Waals surface area contributed by atoms with Crippen LogP contribution in [-0.4, -0.2) is 36.1 Å². The van der Waals surface area contributed by atoms with Crippen molar-refractivity contribution in [2.45, 2.75) is 58.2 Å². The first kappa shape index (κ1) is 14.5. The average Bonchev–Trinajstić information content (AvgIpc) is 2.61. The summed E-state index contributed by atoms with van der Waals surface area (Å²) in [6.45, 7) is 9.35. The number of benzene rings is 1. The van der Waals surface area contributed by atoms with E-state index in [9.17, 15) is 0 Å². The Balaban J connectivity index is 2.01. The molecule has 0 aromatic heterocycles. The number of nitrogens with one attached hydrogen (secondary N) is 1. The summed E-state index contributed by atoms with van der Waals surface area (Å²) in [4.78, 5) is 2.69. The topological polar surface area (TPSA) is 15.3 Å². The van der Waals surface area contributed by atoms with Crippen molar-refractivity contribution in [3.63, 3.8) is 0 Å². The van der Waals surface area contributed by atoms with Crippen LogP contribution in [0.1, 0.15) is 39.2 Å². The Bertz CT molecular complexity index is 363. The lowest BCUT2D eigenvalue weighted by Gasteiger charge is -2.34. The van der Waals surface area contributed by atoms with Crippen LogP contribution in [0.4, 0.5) is 0 Å². The second-order valence-electron chi connectivity index (χ2n) is 5.93. The predicted molar refractivity (Wildman–Crippen MR) is 82.5 cm³/mol. The molecule has 0 radical (unpaired) electrons. The van der Waals surface area contributed by atoms with Crippen molar-refractivity contribution in [3.05, 3.63) is 35.9 Å². The molecule has 19 heavy (non-hydrogen) atoms. The zero-order valence-electron chi connectivity index (χ0n) is 12.6. The van der Waals surface area contributed by atoms with E-state index >= 15 is 0 Å². The van der Waals surface area contributed by atoms with Gasteiger partial charge in [0.25, 0.3) is 0 Å². The van der Waals surface area contributed by atoms with E-state index in [2.05, 4.69) is 61.3 Å². The van der Waals surface area contributed by atoms with E-state index in [1.165, 1.54) is 24.9 Å². The van der Waals surface area contributed by atoms with Crippen molar-refractivity contribution in [2.75, 3.05) is 13.1 Å². The number of nitrogens with zero attached hydrogens (tertiary/aromatic N) is 1. The Morgan fingerprint density at radius 3 is 2.74 bits per heavy atom. The van der Waals surface area contributed by atoms with Gasteiger partial charge in [-0.25, -0.2) is 0 Å². The Kier molecular flexibility index (Phi) is 5.41. The zero-order valence-corrected chi connectivity index (χ0v) is 12.6. The summed E-state index contributed by atoms with van der Waals surface area (Å²) in [5, 5.41) is 3.73. The molecular formula is C17H28N2. The second kappa shape index (κ2) is 7.06. The van der Waals surface area contributed by atoms with Gasteiger partial charge in [0.05, 0.1) is 0 Å². The summed E-state index contributed by atoms with van der Waals surface area (Å²) >= 11 is 0. The molecule has 2 nitrogen and oxygen atoms in total. The summed E-state index contributed by atoms with van der Waals surface area (Å²) in [7, 11) is 0. The molecule has 1 saturated heterocycles. The minimum Gasteiger partial charge on any atom is -0.312 e. The average molecular weight is 260 g/mol. The van der Waals surface area contributed by atoms with Gasteiger partial charge in [-0.15, -0.1) is 0 Å². The molecule has 1 aliphatic rings. The minimum atomic E-state index is 0.585. The SMILES string of the molecule is CCC(C)N1CC(Cc2ccccc2)NCCC1C. The van der Waals surface area contributed by atoms with Gasteiger partial charge < -0.3 is 5.32 Å². The van der Waals surface area contributed by atoms with Gasteiger partial charge in [-0.1, -0.05) is 37.3 Å². The standard InChI is InChI=1S/C17H28N2/c1-4-14(2)19-13-17(18-11-10-15(19)3)12-16-8-6-5-7-9-16/h5-9,14-15,17-18H,4,10-13H2,1-3H3. The Morgan fingerprint density at radius 1 is 1.32 bits per heavy atom. The van der Waals surface area contributed by atoms with Crippen LogP contribution in [0.5, 0.6) is 0 Å². The highest BCUT2D eigenvalue weighted by Gasteiger charge is 2.25. The molecule has 0 spiro atoms. The zero-order chi connectivity index (χ0) is 13.7. The van der Waals surface area contributed by atoms with Gasteiger partial charge in [-0.05, 0) is 45.2 Å². The molecule has 1 N–H and O–H groups in total. The third-order valence-corrected chi connectivity index (χ3v) is 4.47. The van der Waals surface area contributed by atoms with Crippen LogP contribution in [0.2, 0.25) is 0 Å². The van der Waals surface area contributed by atoms with E-state index < -0.39 is 0 Å². The highest BCUT2D eigenvalue weighted by Crippen LogP contribution is 2.16. The van der Waals surface area contributed by atoms with Crippen molar-refractivity contribution >= 4 is 0 Å². The number of hydrogen-bond acceptors (Lipinski definition) is 2. The molecular weight excluding hydrogens is 232 g/mol. The normalized spacial score (nSPS) is 26.9. The molecule has 106 valence electrons. The van der Waals surface area contributed by atoms with E-state index in [0.29, 0.717) is 18.1 Å². The molecule has 0 aliphatic carbocycles. The summed E-state index contributed by atoms with van der Waals surface area (Å²) < 4.78 is 0. The molecule has 0 amide bonds. The predicted octanol–water partition coefficient (Wildman–Crippen LogP) is 3.08. The van der Waals surface area contributed by atoms with Crippen LogP contribution in [0.25, 0.3) is 0 Å². The molecule has 0 bridgehead atoms. The van der Waals surface area contributed by atoms with Gasteiger partial charge in [0, 0.05) is 24.7 Å². The largest absolute Gasteiger partial charge is 0.312 e. The monoisotopic (exact) mass is 260 g/mol. The fourth-order valence-electron chi connectivity index (χ4n) is 3.05. The van der Waals surface area contributed by atoms with Crippen LogP contribution in [0.3, 0.4) is 0 Å².